The molecule has 0 bridgehead atoms. The van der Waals surface area contributed by atoms with E-state index in [1.54, 1.807) is 6.08 Å². The number of fused-ring (bicyclic) bond motifs is 1. The number of imidazole rings is 1. The predicted molar refractivity (Wildman–Crippen MR) is 130 cm³/mol. The van der Waals surface area contributed by atoms with Crippen molar-refractivity contribution in [3.63, 3.8) is 0 Å². The molecule has 4 rings (SSSR count). The smallest absolute Gasteiger partial charge is 0.406 e. The number of amides is 1. The van der Waals surface area contributed by atoms with Crippen LogP contribution in [0.1, 0.15) is 51.6 Å². The molecule has 1 aliphatic rings. The van der Waals surface area contributed by atoms with Crippen LogP contribution in [0, 0.1) is 11.3 Å². The first kappa shape index (κ1) is 24.6. The number of carbonyl (C=O) groups excluding carboxylic acids is 1. The summed E-state index contributed by atoms with van der Waals surface area (Å²) in [6.07, 6.45) is 1.30. The highest BCUT2D eigenvalue weighted by atomic mass is 19.4. The third kappa shape index (κ3) is 6.15. The lowest BCUT2D eigenvalue weighted by molar-refractivity contribution is -0.274. The van der Waals surface area contributed by atoms with Crippen molar-refractivity contribution in [2.45, 2.75) is 52.4 Å². The van der Waals surface area contributed by atoms with Gasteiger partial charge >= 0.3 is 6.36 Å². The second kappa shape index (κ2) is 9.28. The number of halogens is 3. The fraction of sp³-hybridized carbons (Fsp3) is 0.385. The van der Waals surface area contributed by atoms with E-state index in [1.165, 1.54) is 30.3 Å². The average Bonchev–Trinajstić information content (AvgIpc) is 3.08. The maximum atomic E-state index is 12.5. The molecule has 1 aliphatic carbocycles. The van der Waals surface area contributed by atoms with Crippen LogP contribution >= 0.6 is 0 Å². The molecule has 186 valence electrons. The van der Waals surface area contributed by atoms with Crippen LogP contribution in [0.3, 0.4) is 0 Å². The highest BCUT2D eigenvalue weighted by molar-refractivity contribution is 5.91. The second-order valence-electron chi connectivity index (χ2n) is 10.1. The number of primary amides is 1. The first-order chi connectivity index (χ1) is 16.4. The van der Waals surface area contributed by atoms with Crippen LogP contribution in [0.4, 0.5) is 24.8 Å². The number of ether oxygens (including phenoxy) is 1. The van der Waals surface area contributed by atoms with Gasteiger partial charge in [0.15, 0.2) is 0 Å². The SMILES string of the molecule is CC1CC(n2c(Nc3ccc(OC(F)(F)F)cc3)nc3cc(/C=C/C(N)=O)ccc32)CC(C)(C)C1. The largest absolute Gasteiger partial charge is 0.573 e. The molecule has 3 N–H and O–H groups in total. The fourth-order valence-corrected chi connectivity index (χ4v) is 5.22. The molecular weight excluding hydrogens is 457 g/mol. The monoisotopic (exact) mass is 486 g/mol. The van der Waals surface area contributed by atoms with Gasteiger partial charge in [0, 0.05) is 17.8 Å². The van der Waals surface area contributed by atoms with Gasteiger partial charge in [-0.25, -0.2) is 4.98 Å². The van der Waals surface area contributed by atoms with Gasteiger partial charge in [0.05, 0.1) is 11.0 Å². The molecule has 0 spiro atoms. The topological polar surface area (TPSA) is 82.2 Å². The summed E-state index contributed by atoms with van der Waals surface area (Å²) in [6, 6.07) is 11.5. The summed E-state index contributed by atoms with van der Waals surface area (Å²) >= 11 is 0. The van der Waals surface area contributed by atoms with Crippen LogP contribution in [-0.2, 0) is 4.79 Å². The van der Waals surface area contributed by atoms with E-state index in [2.05, 4.69) is 35.4 Å². The number of alkyl halides is 3. The van der Waals surface area contributed by atoms with Crippen molar-refractivity contribution in [3.8, 4) is 5.75 Å². The molecule has 1 aromatic heterocycles. The Morgan fingerprint density at radius 1 is 1.20 bits per heavy atom. The van der Waals surface area contributed by atoms with Gasteiger partial charge in [-0.3, -0.25) is 4.79 Å². The summed E-state index contributed by atoms with van der Waals surface area (Å²) in [6.45, 7) is 6.80. The number of rotatable bonds is 6. The van der Waals surface area contributed by atoms with Crippen LogP contribution in [0.25, 0.3) is 17.1 Å². The zero-order chi connectivity index (χ0) is 25.4. The number of nitrogens with zero attached hydrogens (tertiary/aromatic N) is 2. The van der Waals surface area contributed by atoms with Crippen molar-refractivity contribution in [2.24, 2.45) is 17.1 Å². The molecule has 9 heteroatoms. The Hall–Kier alpha value is -3.49. The maximum absolute atomic E-state index is 12.5. The van der Waals surface area contributed by atoms with Crippen molar-refractivity contribution in [2.75, 3.05) is 5.32 Å². The standard InChI is InChI=1S/C26H29F3N4O2/c1-16-12-19(15-25(2,3)14-16)33-22-10-4-17(5-11-23(30)34)13-21(22)32-24(33)31-18-6-8-20(9-7-18)35-26(27,28)29/h4-11,13,16,19H,12,14-15H2,1-3H3,(H2,30,34)(H,31,32)/b11-5+. The Morgan fingerprint density at radius 2 is 1.91 bits per heavy atom. The Bertz CT molecular complexity index is 1250. The summed E-state index contributed by atoms with van der Waals surface area (Å²) in [4.78, 5) is 15.9. The van der Waals surface area contributed by atoms with Crippen molar-refractivity contribution >= 4 is 34.7 Å². The predicted octanol–water partition coefficient (Wildman–Crippen LogP) is 6.56. The highest BCUT2D eigenvalue weighted by Crippen LogP contribution is 2.46. The van der Waals surface area contributed by atoms with Gasteiger partial charge in [-0.15, -0.1) is 13.2 Å². The summed E-state index contributed by atoms with van der Waals surface area (Å²) in [5.74, 6) is 0.320. The molecular formula is C26H29F3N4O2. The molecule has 0 radical (unpaired) electrons. The van der Waals surface area contributed by atoms with Gasteiger partial charge in [0.2, 0.25) is 11.9 Å². The second-order valence-corrected chi connectivity index (χ2v) is 10.1. The molecule has 6 nitrogen and oxygen atoms in total. The van der Waals surface area contributed by atoms with Crippen molar-refractivity contribution in [1.29, 1.82) is 0 Å². The molecule has 3 aromatic rings. The van der Waals surface area contributed by atoms with E-state index in [0.29, 0.717) is 17.6 Å². The first-order valence-electron chi connectivity index (χ1n) is 11.5. The lowest BCUT2D eigenvalue weighted by atomic mass is 9.70. The van der Waals surface area contributed by atoms with Gasteiger partial charge in [-0.2, -0.15) is 0 Å². The Balaban J connectivity index is 1.73. The van der Waals surface area contributed by atoms with Crippen LogP contribution in [0.15, 0.2) is 48.5 Å². The quantitative estimate of drug-likeness (QED) is 0.387. The van der Waals surface area contributed by atoms with Crippen molar-refractivity contribution in [1.82, 2.24) is 9.55 Å². The third-order valence-electron chi connectivity index (χ3n) is 6.23. The summed E-state index contributed by atoms with van der Waals surface area (Å²) in [5.41, 5.74) is 8.45. The Morgan fingerprint density at radius 3 is 2.54 bits per heavy atom. The summed E-state index contributed by atoms with van der Waals surface area (Å²) in [5, 5.41) is 3.28. The van der Waals surface area contributed by atoms with Gasteiger partial charge < -0.3 is 20.4 Å². The molecule has 1 fully saturated rings. The third-order valence-corrected chi connectivity index (χ3v) is 6.23. The van der Waals surface area contributed by atoms with Crippen molar-refractivity contribution < 1.29 is 22.7 Å². The number of aromatic nitrogens is 2. The first-order valence-corrected chi connectivity index (χ1v) is 11.5. The molecule has 2 unspecified atom stereocenters. The van der Waals surface area contributed by atoms with Gasteiger partial charge in [0.1, 0.15) is 5.75 Å². The molecule has 2 aromatic carbocycles. The number of hydrogen-bond donors (Lipinski definition) is 2. The molecule has 2 atom stereocenters. The minimum Gasteiger partial charge on any atom is -0.406 e. The van der Waals surface area contributed by atoms with Gasteiger partial charge in [0.25, 0.3) is 0 Å². The van der Waals surface area contributed by atoms with E-state index in [4.69, 9.17) is 10.7 Å². The number of hydrogen-bond acceptors (Lipinski definition) is 4. The normalized spacial score (nSPS) is 20.3. The Labute approximate surface area is 202 Å². The number of benzene rings is 2. The minimum atomic E-state index is -4.74. The lowest BCUT2D eigenvalue weighted by Gasteiger charge is -2.40. The fourth-order valence-electron chi connectivity index (χ4n) is 5.22. The van der Waals surface area contributed by atoms with Crippen LogP contribution < -0.4 is 15.8 Å². The summed E-state index contributed by atoms with van der Waals surface area (Å²) in [7, 11) is 0. The van der Waals surface area contributed by atoms with Crippen LogP contribution in [-0.4, -0.2) is 21.8 Å². The van der Waals surface area contributed by atoms with Crippen LogP contribution in [0.2, 0.25) is 0 Å². The van der Waals surface area contributed by atoms with Gasteiger partial charge in [-0.05, 0) is 78.6 Å². The molecule has 0 aliphatic heterocycles. The zero-order valence-electron chi connectivity index (χ0n) is 19.9. The van der Waals surface area contributed by atoms with E-state index >= 15 is 0 Å². The van der Waals surface area contributed by atoms with E-state index in [0.717, 1.165) is 35.9 Å². The summed E-state index contributed by atoms with van der Waals surface area (Å²) < 4.78 is 43.7. The zero-order valence-corrected chi connectivity index (χ0v) is 19.9. The molecule has 1 heterocycles. The van der Waals surface area contributed by atoms with E-state index < -0.39 is 12.3 Å². The number of carbonyl (C=O) groups is 1. The van der Waals surface area contributed by atoms with E-state index in [-0.39, 0.29) is 17.2 Å². The van der Waals surface area contributed by atoms with Gasteiger partial charge in [-0.1, -0.05) is 26.8 Å². The lowest BCUT2D eigenvalue weighted by Crippen LogP contribution is -2.29. The van der Waals surface area contributed by atoms with Crippen LogP contribution in [0.5, 0.6) is 5.75 Å². The maximum Gasteiger partial charge on any atom is 0.573 e. The number of anilines is 2. The number of nitrogens with two attached hydrogens (primary N) is 1. The molecule has 0 saturated heterocycles. The molecule has 1 saturated carbocycles. The molecule has 35 heavy (non-hydrogen) atoms. The highest BCUT2D eigenvalue weighted by Gasteiger charge is 2.35. The molecule has 1 amide bonds. The Kier molecular flexibility index (Phi) is 6.53. The van der Waals surface area contributed by atoms with E-state index in [1.807, 2.05) is 18.2 Å². The van der Waals surface area contributed by atoms with Crippen molar-refractivity contribution in [3.05, 3.63) is 54.1 Å². The minimum absolute atomic E-state index is 0.164. The van der Waals surface area contributed by atoms with E-state index in [9.17, 15) is 18.0 Å². The average molecular weight is 487 g/mol. The number of nitrogens with one attached hydrogen (secondary N) is 1.